The second kappa shape index (κ2) is 7.14. The number of aliphatic hydroxyl groups is 1. The van der Waals surface area contributed by atoms with Gasteiger partial charge in [0.05, 0.1) is 13.2 Å². The van der Waals surface area contributed by atoms with Crippen molar-refractivity contribution in [1.29, 1.82) is 0 Å². The number of nitrogens with one attached hydrogen (secondary N) is 1. The first-order chi connectivity index (χ1) is 9.70. The van der Waals surface area contributed by atoms with Gasteiger partial charge in [0.1, 0.15) is 0 Å². The van der Waals surface area contributed by atoms with Crippen molar-refractivity contribution in [3.63, 3.8) is 0 Å². The average Bonchev–Trinajstić information content (AvgIpc) is 2.88. The van der Waals surface area contributed by atoms with Crippen molar-refractivity contribution in [1.82, 2.24) is 5.32 Å². The number of rotatable bonds is 6. The van der Waals surface area contributed by atoms with Crippen LogP contribution in [0.2, 0.25) is 0 Å². The van der Waals surface area contributed by atoms with Gasteiger partial charge < -0.3 is 19.9 Å². The number of aliphatic hydroxyl groups excluding tert-OH is 1. The number of carbonyl (C=O) groups is 1. The lowest BCUT2D eigenvalue weighted by molar-refractivity contribution is -0.123. The molecule has 0 aliphatic heterocycles. The molecule has 110 valence electrons. The first-order valence-corrected chi connectivity index (χ1v) is 6.91. The van der Waals surface area contributed by atoms with Gasteiger partial charge in [-0.25, -0.2) is 0 Å². The molecule has 0 bridgehead atoms. The van der Waals surface area contributed by atoms with Crippen LogP contribution in [0, 0.1) is 5.92 Å². The van der Waals surface area contributed by atoms with E-state index in [2.05, 4.69) is 5.32 Å². The molecule has 2 atom stereocenters. The predicted octanol–water partition coefficient (Wildman–Crippen LogP) is 1.35. The Morgan fingerprint density at radius 1 is 1.35 bits per heavy atom. The number of hydrogen-bond acceptors (Lipinski definition) is 4. The van der Waals surface area contributed by atoms with Gasteiger partial charge in [-0.3, -0.25) is 4.79 Å². The Balaban J connectivity index is 1.74. The molecule has 0 spiro atoms. The Hall–Kier alpha value is -1.75. The van der Waals surface area contributed by atoms with Crippen molar-refractivity contribution in [3.05, 3.63) is 24.3 Å². The summed E-state index contributed by atoms with van der Waals surface area (Å²) in [5.74, 6) is 1.14. The molecule has 2 unspecified atom stereocenters. The molecule has 20 heavy (non-hydrogen) atoms. The minimum Gasteiger partial charge on any atom is -0.493 e. The number of para-hydroxylation sites is 2. The Morgan fingerprint density at radius 2 is 2.10 bits per heavy atom. The quantitative estimate of drug-likeness (QED) is 0.825. The molecule has 1 aliphatic carbocycles. The Bertz CT molecular complexity index is 449. The molecular weight excluding hydrogens is 258 g/mol. The van der Waals surface area contributed by atoms with E-state index in [0.717, 1.165) is 19.3 Å². The summed E-state index contributed by atoms with van der Waals surface area (Å²) < 4.78 is 10.6. The highest BCUT2D eigenvalue weighted by Crippen LogP contribution is 2.26. The smallest absolute Gasteiger partial charge is 0.257 e. The highest BCUT2D eigenvalue weighted by atomic mass is 16.5. The standard InChI is InChI=1S/C15H21NO4/c1-19-13-7-2-3-8-14(13)20-10-15(18)16-9-11-5-4-6-12(11)17/h2-3,7-8,11-12,17H,4-6,9-10H2,1H3,(H,16,18). The maximum atomic E-state index is 11.7. The van der Waals surface area contributed by atoms with E-state index in [1.54, 1.807) is 19.2 Å². The van der Waals surface area contributed by atoms with Crippen LogP contribution in [0.5, 0.6) is 11.5 Å². The zero-order valence-corrected chi connectivity index (χ0v) is 11.7. The summed E-state index contributed by atoms with van der Waals surface area (Å²) in [6, 6.07) is 7.20. The van der Waals surface area contributed by atoms with Crippen molar-refractivity contribution in [2.24, 2.45) is 5.92 Å². The van der Waals surface area contributed by atoms with E-state index in [1.807, 2.05) is 12.1 Å². The van der Waals surface area contributed by atoms with Crippen molar-refractivity contribution in [2.75, 3.05) is 20.3 Å². The summed E-state index contributed by atoms with van der Waals surface area (Å²) in [5, 5.41) is 12.5. The molecule has 1 aromatic carbocycles. The van der Waals surface area contributed by atoms with Gasteiger partial charge >= 0.3 is 0 Å². The molecule has 0 heterocycles. The van der Waals surface area contributed by atoms with Crippen molar-refractivity contribution >= 4 is 5.91 Å². The molecule has 0 saturated heterocycles. The lowest BCUT2D eigenvalue weighted by atomic mass is 10.1. The van der Waals surface area contributed by atoms with Gasteiger partial charge in [-0.05, 0) is 25.0 Å². The third-order valence-electron chi connectivity index (χ3n) is 3.61. The number of carbonyl (C=O) groups excluding carboxylic acids is 1. The molecule has 1 amide bonds. The van der Waals surface area contributed by atoms with E-state index in [1.165, 1.54) is 0 Å². The summed E-state index contributed by atoms with van der Waals surface area (Å²) in [6.07, 6.45) is 2.54. The second-order valence-corrected chi connectivity index (χ2v) is 5.00. The number of methoxy groups -OCH3 is 1. The van der Waals surface area contributed by atoms with Gasteiger partial charge in [0.15, 0.2) is 18.1 Å². The van der Waals surface area contributed by atoms with Crippen molar-refractivity contribution in [2.45, 2.75) is 25.4 Å². The normalized spacial score (nSPS) is 21.5. The van der Waals surface area contributed by atoms with Gasteiger partial charge in [0.25, 0.3) is 5.91 Å². The van der Waals surface area contributed by atoms with E-state index in [9.17, 15) is 9.90 Å². The second-order valence-electron chi connectivity index (χ2n) is 5.00. The lowest BCUT2D eigenvalue weighted by Gasteiger charge is -2.15. The fourth-order valence-corrected chi connectivity index (χ4v) is 2.43. The van der Waals surface area contributed by atoms with Crippen LogP contribution < -0.4 is 14.8 Å². The van der Waals surface area contributed by atoms with Crippen LogP contribution in [0.4, 0.5) is 0 Å². The Labute approximate surface area is 118 Å². The van der Waals surface area contributed by atoms with Crippen LogP contribution in [-0.4, -0.2) is 37.4 Å². The molecule has 5 nitrogen and oxygen atoms in total. The first kappa shape index (κ1) is 14.7. The monoisotopic (exact) mass is 279 g/mol. The average molecular weight is 279 g/mol. The highest BCUT2D eigenvalue weighted by molar-refractivity contribution is 5.77. The topological polar surface area (TPSA) is 67.8 Å². The van der Waals surface area contributed by atoms with E-state index >= 15 is 0 Å². The molecule has 1 fully saturated rings. The minimum atomic E-state index is -0.287. The number of benzene rings is 1. The van der Waals surface area contributed by atoms with E-state index in [4.69, 9.17) is 9.47 Å². The van der Waals surface area contributed by atoms with E-state index in [-0.39, 0.29) is 24.5 Å². The largest absolute Gasteiger partial charge is 0.493 e. The zero-order valence-electron chi connectivity index (χ0n) is 11.7. The van der Waals surface area contributed by atoms with Crippen LogP contribution >= 0.6 is 0 Å². The SMILES string of the molecule is COc1ccccc1OCC(=O)NCC1CCCC1O. The van der Waals surface area contributed by atoms with Crippen molar-refractivity contribution < 1.29 is 19.4 Å². The van der Waals surface area contributed by atoms with Crippen LogP contribution in [-0.2, 0) is 4.79 Å². The molecule has 1 aromatic rings. The molecule has 0 radical (unpaired) electrons. The summed E-state index contributed by atoms with van der Waals surface area (Å²) >= 11 is 0. The molecule has 1 saturated carbocycles. The molecule has 1 aliphatic rings. The number of hydrogen-bond donors (Lipinski definition) is 2. The Kier molecular flexibility index (Phi) is 5.24. The third-order valence-corrected chi connectivity index (χ3v) is 3.61. The lowest BCUT2D eigenvalue weighted by Crippen LogP contribution is -2.35. The summed E-state index contributed by atoms with van der Waals surface area (Å²) in [4.78, 5) is 11.7. The maximum Gasteiger partial charge on any atom is 0.257 e. The van der Waals surface area contributed by atoms with Gasteiger partial charge in [0, 0.05) is 12.5 Å². The van der Waals surface area contributed by atoms with Crippen LogP contribution in [0.3, 0.4) is 0 Å². The third kappa shape index (κ3) is 3.87. The number of ether oxygens (including phenoxy) is 2. The zero-order chi connectivity index (χ0) is 14.4. The fraction of sp³-hybridized carbons (Fsp3) is 0.533. The molecule has 0 aromatic heterocycles. The highest BCUT2D eigenvalue weighted by Gasteiger charge is 2.25. The fourth-order valence-electron chi connectivity index (χ4n) is 2.43. The van der Waals surface area contributed by atoms with Crippen molar-refractivity contribution in [3.8, 4) is 11.5 Å². The van der Waals surface area contributed by atoms with Gasteiger partial charge in [0.2, 0.25) is 0 Å². The molecule has 5 heteroatoms. The maximum absolute atomic E-state index is 11.7. The van der Waals surface area contributed by atoms with Crippen LogP contribution in [0.1, 0.15) is 19.3 Å². The van der Waals surface area contributed by atoms with E-state index in [0.29, 0.717) is 18.0 Å². The summed E-state index contributed by atoms with van der Waals surface area (Å²) in [6.45, 7) is 0.457. The minimum absolute atomic E-state index is 0.0524. The molecule has 2 rings (SSSR count). The van der Waals surface area contributed by atoms with Gasteiger partial charge in [-0.2, -0.15) is 0 Å². The number of amides is 1. The Morgan fingerprint density at radius 3 is 2.75 bits per heavy atom. The van der Waals surface area contributed by atoms with Gasteiger partial charge in [-0.1, -0.05) is 18.6 Å². The molecular formula is C15H21NO4. The van der Waals surface area contributed by atoms with Crippen LogP contribution in [0.25, 0.3) is 0 Å². The summed E-state index contributed by atoms with van der Waals surface area (Å²) in [7, 11) is 1.56. The first-order valence-electron chi connectivity index (χ1n) is 6.91. The van der Waals surface area contributed by atoms with Crippen LogP contribution in [0.15, 0.2) is 24.3 Å². The predicted molar refractivity (Wildman–Crippen MR) is 74.8 cm³/mol. The van der Waals surface area contributed by atoms with E-state index < -0.39 is 0 Å². The molecule has 2 N–H and O–H groups in total. The van der Waals surface area contributed by atoms with Gasteiger partial charge in [-0.15, -0.1) is 0 Å². The summed E-state index contributed by atoms with van der Waals surface area (Å²) in [5.41, 5.74) is 0.